The first kappa shape index (κ1) is 30.8. The molecule has 0 spiro atoms. The van der Waals surface area contributed by atoms with Crippen molar-refractivity contribution >= 4 is 16.8 Å². The highest BCUT2D eigenvalue weighted by Crippen LogP contribution is 2.36. The number of amides is 1. The van der Waals surface area contributed by atoms with E-state index in [1.807, 2.05) is 6.92 Å². The van der Waals surface area contributed by atoms with Gasteiger partial charge in [0, 0.05) is 36.8 Å². The molecule has 42 heavy (non-hydrogen) atoms. The Morgan fingerprint density at radius 2 is 1.57 bits per heavy atom. The minimum absolute atomic E-state index is 0.0151. The van der Waals surface area contributed by atoms with Gasteiger partial charge in [0.05, 0.1) is 11.1 Å². The summed E-state index contributed by atoms with van der Waals surface area (Å²) in [5, 5.41) is 11.9. The van der Waals surface area contributed by atoms with Gasteiger partial charge in [0.2, 0.25) is 0 Å². The van der Waals surface area contributed by atoms with Gasteiger partial charge in [-0.15, -0.1) is 0 Å². The van der Waals surface area contributed by atoms with Crippen molar-refractivity contribution in [2.75, 3.05) is 6.61 Å². The van der Waals surface area contributed by atoms with E-state index in [9.17, 15) is 35.9 Å². The highest BCUT2D eigenvalue weighted by molar-refractivity contribution is 6.07. The van der Waals surface area contributed by atoms with E-state index in [2.05, 4.69) is 10.3 Å². The number of hydrogen-bond acceptors (Lipinski definition) is 4. The van der Waals surface area contributed by atoms with Crippen LogP contribution in [0.4, 0.5) is 26.3 Å². The molecule has 1 amide bonds. The summed E-state index contributed by atoms with van der Waals surface area (Å²) < 4.78 is 81.5. The summed E-state index contributed by atoms with van der Waals surface area (Å²) in [6, 6.07) is 11.4. The number of aryl methyl sites for hydroxylation is 1. The summed E-state index contributed by atoms with van der Waals surface area (Å²) in [6.07, 6.45) is -7.24. The van der Waals surface area contributed by atoms with Crippen LogP contribution in [0.3, 0.4) is 0 Å². The average Bonchev–Trinajstić information content (AvgIpc) is 2.94. The van der Waals surface area contributed by atoms with Crippen LogP contribution in [-0.2, 0) is 25.4 Å². The van der Waals surface area contributed by atoms with Crippen molar-refractivity contribution < 1.29 is 36.2 Å². The minimum Gasteiger partial charge on any atom is -0.396 e. The molecular formula is C30H27F6N3O3. The number of nitrogens with zero attached hydrogens (tertiary/aromatic N) is 2. The van der Waals surface area contributed by atoms with Crippen molar-refractivity contribution in [1.29, 1.82) is 0 Å². The normalized spacial score (nSPS) is 12.1. The molecule has 0 radical (unpaired) electrons. The van der Waals surface area contributed by atoms with Crippen LogP contribution in [0.2, 0.25) is 0 Å². The number of hydrogen-bond donors (Lipinski definition) is 2. The Kier molecular flexibility index (Phi) is 9.05. The van der Waals surface area contributed by atoms with Gasteiger partial charge in [-0.05, 0) is 61.6 Å². The van der Waals surface area contributed by atoms with Gasteiger partial charge in [-0.1, -0.05) is 35.9 Å². The summed E-state index contributed by atoms with van der Waals surface area (Å²) >= 11 is 0. The van der Waals surface area contributed by atoms with E-state index in [1.54, 1.807) is 36.4 Å². The van der Waals surface area contributed by atoms with Crippen molar-refractivity contribution in [3.8, 4) is 11.1 Å². The highest BCUT2D eigenvalue weighted by Gasteiger charge is 2.37. The van der Waals surface area contributed by atoms with Crippen molar-refractivity contribution in [1.82, 2.24) is 14.9 Å². The molecule has 0 aliphatic carbocycles. The molecule has 4 rings (SSSR count). The van der Waals surface area contributed by atoms with Gasteiger partial charge in [-0.25, -0.2) is 0 Å². The Labute approximate surface area is 236 Å². The summed E-state index contributed by atoms with van der Waals surface area (Å²) in [5.41, 5.74) is -2.16. The predicted molar refractivity (Wildman–Crippen MR) is 145 cm³/mol. The molecule has 222 valence electrons. The third-order valence-corrected chi connectivity index (χ3v) is 6.73. The maximum atomic E-state index is 13.8. The number of unbranched alkanes of at least 4 members (excludes halogenated alkanes) is 2. The van der Waals surface area contributed by atoms with Gasteiger partial charge in [0.25, 0.3) is 11.5 Å². The number of fused-ring (bicyclic) bond motifs is 1. The zero-order valence-electron chi connectivity index (χ0n) is 22.4. The van der Waals surface area contributed by atoms with Gasteiger partial charge < -0.3 is 15.0 Å². The number of rotatable bonds is 9. The van der Waals surface area contributed by atoms with Gasteiger partial charge in [0.15, 0.2) is 0 Å². The van der Waals surface area contributed by atoms with Crippen LogP contribution in [-0.4, -0.2) is 27.2 Å². The van der Waals surface area contributed by atoms with E-state index in [-0.39, 0.29) is 30.4 Å². The van der Waals surface area contributed by atoms with Crippen molar-refractivity contribution in [3.63, 3.8) is 0 Å². The maximum Gasteiger partial charge on any atom is 0.416 e. The van der Waals surface area contributed by atoms with Crippen LogP contribution in [0.5, 0.6) is 0 Å². The Hall–Kier alpha value is -4.19. The molecule has 4 aromatic rings. The fraction of sp³-hybridized carbons (Fsp3) is 0.300. The summed E-state index contributed by atoms with van der Waals surface area (Å²) in [7, 11) is 0. The van der Waals surface area contributed by atoms with Crippen LogP contribution < -0.4 is 10.9 Å². The summed E-state index contributed by atoms with van der Waals surface area (Å²) in [4.78, 5) is 31.6. The van der Waals surface area contributed by atoms with Gasteiger partial charge in [-0.2, -0.15) is 26.3 Å². The zero-order valence-corrected chi connectivity index (χ0v) is 22.4. The van der Waals surface area contributed by atoms with Crippen LogP contribution in [0.1, 0.15) is 52.0 Å². The Balaban J connectivity index is 1.85. The molecule has 0 atom stereocenters. The molecular weight excluding hydrogens is 564 g/mol. The van der Waals surface area contributed by atoms with E-state index < -0.39 is 47.1 Å². The second kappa shape index (κ2) is 12.4. The monoisotopic (exact) mass is 591 g/mol. The quantitative estimate of drug-likeness (QED) is 0.172. The lowest BCUT2D eigenvalue weighted by molar-refractivity contribution is -0.143. The number of benzene rings is 2. The molecule has 0 unspecified atom stereocenters. The predicted octanol–water partition coefficient (Wildman–Crippen LogP) is 6.50. The lowest BCUT2D eigenvalue weighted by atomic mass is 9.97. The first-order chi connectivity index (χ1) is 19.8. The smallest absolute Gasteiger partial charge is 0.396 e. The van der Waals surface area contributed by atoms with Gasteiger partial charge in [0.1, 0.15) is 11.2 Å². The average molecular weight is 592 g/mol. The molecule has 2 aromatic carbocycles. The number of carbonyl (C=O) groups is 1. The second-order valence-corrected chi connectivity index (χ2v) is 9.83. The van der Waals surface area contributed by atoms with Crippen molar-refractivity contribution in [3.05, 3.63) is 99.1 Å². The van der Waals surface area contributed by atoms with Crippen molar-refractivity contribution in [2.24, 2.45) is 0 Å². The Bertz CT molecular complexity index is 1610. The zero-order chi connectivity index (χ0) is 30.7. The number of aliphatic hydroxyl groups excluding tert-OH is 1. The molecule has 2 heterocycles. The third kappa shape index (κ3) is 6.81. The van der Waals surface area contributed by atoms with Crippen molar-refractivity contribution in [2.45, 2.75) is 51.6 Å². The minimum atomic E-state index is -5.04. The number of nitrogens with one attached hydrogen (secondary N) is 1. The van der Waals surface area contributed by atoms with Crippen LogP contribution in [0.15, 0.2) is 65.6 Å². The van der Waals surface area contributed by atoms with Crippen LogP contribution >= 0.6 is 0 Å². The third-order valence-electron chi connectivity index (χ3n) is 6.73. The van der Waals surface area contributed by atoms with Crippen LogP contribution in [0, 0.1) is 6.92 Å². The summed E-state index contributed by atoms with van der Waals surface area (Å²) in [6.45, 7) is 1.20. The number of alkyl halides is 6. The molecule has 2 aromatic heterocycles. The number of halogens is 6. The van der Waals surface area contributed by atoms with Gasteiger partial charge in [-0.3, -0.25) is 14.6 Å². The Morgan fingerprint density at radius 3 is 2.17 bits per heavy atom. The summed E-state index contributed by atoms with van der Waals surface area (Å²) in [5.74, 6) is -0.860. The maximum absolute atomic E-state index is 13.8. The van der Waals surface area contributed by atoms with E-state index in [4.69, 9.17) is 5.11 Å². The van der Waals surface area contributed by atoms with E-state index in [0.717, 1.165) is 5.56 Å². The highest BCUT2D eigenvalue weighted by atomic mass is 19.4. The topological polar surface area (TPSA) is 84.2 Å². The largest absolute Gasteiger partial charge is 0.416 e. The lowest BCUT2D eigenvalue weighted by Gasteiger charge is -2.20. The van der Waals surface area contributed by atoms with Crippen LogP contribution in [0.25, 0.3) is 22.0 Å². The lowest BCUT2D eigenvalue weighted by Crippen LogP contribution is -2.34. The first-order valence-electron chi connectivity index (χ1n) is 13.1. The van der Waals surface area contributed by atoms with Gasteiger partial charge >= 0.3 is 12.4 Å². The Morgan fingerprint density at radius 1 is 0.929 bits per heavy atom. The molecule has 0 fully saturated rings. The number of aliphatic hydroxyl groups is 1. The van der Waals surface area contributed by atoms with E-state index in [1.165, 1.54) is 10.8 Å². The molecule has 0 bridgehead atoms. The van der Waals surface area contributed by atoms with E-state index >= 15 is 0 Å². The molecule has 0 aliphatic heterocycles. The molecule has 12 heteroatoms. The fourth-order valence-corrected chi connectivity index (χ4v) is 4.68. The SMILES string of the molecule is Cc1ccc(-c2c(C(=O)NCc3cc(C(F)(F)F)cc(C(F)(F)F)c3)n(CCCCCO)c(=O)c3ncccc23)cc1. The number of pyridine rings is 2. The molecule has 6 nitrogen and oxygen atoms in total. The molecule has 0 saturated carbocycles. The fourth-order valence-electron chi connectivity index (χ4n) is 4.68. The molecule has 2 N–H and O–H groups in total. The second-order valence-electron chi connectivity index (χ2n) is 9.83. The van der Waals surface area contributed by atoms with E-state index in [0.29, 0.717) is 47.9 Å². The molecule has 0 saturated heterocycles. The standard InChI is InChI=1S/C30H27F6N3O3/c1-18-7-9-20(10-8-18)24-23-6-5-11-37-25(23)28(42)39(12-3-2-4-13-40)26(24)27(41)38-17-19-14-21(29(31,32)33)16-22(15-19)30(34,35)36/h5-11,14-16,40H,2-4,12-13,17H2,1H3,(H,38,41). The number of aromatic nitrogens is 2. The first-order valence-corrected chi connectivity index (χ1v) is 13.1. The molecule has 0 aliphatic rings. The number of carbonyl (C=O) groups excluding carboxylic acids is 1.